The summed E-state index contributed by atoms with van der Waals surface area (Å²) < 4.78 is 39.7. The summed E-state index contributed by atoms with van der Waals surface area (Å²) in [6, 6.07) is 21.1. The SMILES string of the molecule is CC[Si](CC)(CC)/C(=C/[C@@H](CO)[C@@H]1O[C@H]1COCc1ccccc1)S(=O)(=O)c1ccccc1. The molecule has 0 bridgehead atoms. The minimum absolute atomic E-state index is 0.135. The molecule has 1 heterocycles. The lowest BCUT2D eigenvalue weighted by Crippen LogP contribution is -2.39. The van der Waals surface area contributed by atoms with E-state index in [1.54, 1.807) is 24.3 Å². The van der Waals surface area contributed by atoms with Crippen LogP contribution in [-0.2, 0) is 25.9 Å². The fourth-order valence-corrected chi connectivity index (χ4v) is 12.7. The molecule has 0 amide bonds. The van der Waals surface area contributed by atoms with E-state index in [-0.39, 0.29) is 24.7 Å². The van der Waals surface area contributed by atoms with Gasteiger partial charge in [0.15, 0.2) is 9.84 Å². The topological polar surface area (TPSA) is 76.1 Å². The third-order valence-electron chi connectivity index (χ3n) is 6.91. The highest BCUT2D eigenvalue weighted by atomic mass is 32.2. The summed E-state index contributed by atoms with van der Waals surface area (Å²) in [5.41, 5.74) is 1.09. The fraction of sp³-hybridized carbons (Fsp3) is 0.462. The Morgan fingerprint density at radius 1 is 1.03 bits per heavy atom. The van der Waals surface area contributed by atoms with Gasteiger partial charge in [0.2, 0.25) is 0 Å². The van der Waals surface area contributed by atoms with E-state index < -0.39 is 17.9 Å². The van der Waals surface area contributed by atoms with E-state index >= 15 is 0 Å². The van der Waals surface area contributed by atoms with Gasteiger partial charge in [0, 0.05) is 10.4 Å². The zero-order valence-electron chi connectivity index (χ0n) is 19.8. The van der Waals surface area contributed by atoms with E-state index in [9.17, 15) is 13.5 Å². The van der Waals surface area contributed by atoms with Crippen LogP contribution in [-0.4, -0.2) is 47.0 Å². The molecule has 3 atom stereocenters. The molecule has 2 aromatic rings. The molecule has 5 nitrogen and oxygen atoms in total. The van der Waals surface area contributed by atoms with Crippen molar-refractivity contribution in [2.24, 2.45) is 5.92 Å². The van der Waals surface area contributed by atoms with Crippen LogP contribution >= 0.6 is 0 Å². The Balaban J connectivity index is 1.82. The molecule has 180 valence electrons. The van der Waals surface area contributed by atoms with Crippen LogP contribution in [0.3, 0.4) is 0 Å². The van der Waals surface area contributed by atoms with Crippen molar-refractivity contribution in [1.29, 1.82) is 0 Å². The molecule has 1 aliphatic rings. The second kappa shape index (κ2) is 11.6. The van der Waals surface area contributed by atoms with Crippen LogP contribution in [0.5, 0.6) is 0 Å². The summed E-state index contributed by atoms with van der Waals surface area (Å²) in [6.45, 7) is 7.04. The van der Waals surface area contributed by atoms with Crippen LogP contribution < -0.4 is 0 Å². The van der Waals surface area contributed by atoms with Crippen molar-refractivity contribution in [1.82, 2.24) is 0 Å². The Morgan fingerprint density at radius 2 is 1.61 bits per heavy atom. The molecule has 33 heavy (non-hydrogen) atoms. The zero-order chi connectivity index (χ0) is 23.9. The molecule has 7 heteroatoms. The summed E-state index contributed by atoms with van der Waals surface area (Å²) in [7, 11) is -5.93. The number of rotatable bonds is 13. The Bertz CT molecular complexity index is 995. The molecule has 0 saturated carbocycles. The molecule has 3 rings (SSSR count). The number of sulfone groups is 1. The van der Waals surface area contributed by atoms with Crippen LogP contribution in [0.2, 0.25) is 18.1 Å². The average molecular weight is 489 g/mol. The van der Waals surface area contributed by atoms with Crippen LogP contribution in [0, 0.1) is 5.92 Å². The van der Waals surface area contributed by atoms with E-state index in [0.717, 1.165) is 23.7 Å². The highest BCUT2D eigenvalue weighted by Crippen LogP contribution is 2.39. The molecule has 0 aliphatic carbocycles. The Hall–Kier alpha value is -1.77. The molecule has 1 aliphatic heterocycles. The third-order valence-corrected chi connectivity index (χ3v) is 15.9. The lowest BCUT2D eigenvalue weighted by Gasteiger charge is -2.32. The van der Waals surface area contributed by atoms with Gasteiger partial charge < -0.3 is 14.6 Å². The maximum absolute atomic E-state index is 13.8. The summed E-state index contributed by atoms with van der Waals surface area (Å²) >= 11 is 0. The fourth-order valence-electron chi connectivity index (χ4n) is 4.53. The lowest BCUT2D eigenvalue weighted by molar-refractivity contribution is 0.104. The van der Waals surface area contributed by atoms with Crippen molar-refractivity contribution >= 4 is 17.9 Å². The molecule has 2 aromatic carbocycles. The van der Waals surface area contributed by atoms with Gasteiger partial charge in [0.1, 0.15) is 14.2 Å². The Kier molecular flexibility index (Phi) is 9.07. The molecule has 0 spiro atoms. The molecule has 0 aromatic heterocycles. The maximum atomic E-state index is 13.8. The first-order valence-electron chi connectivity index (χ1n) is 11.8. The number of benzene rings is 2. The minimum Gasteiger partial charge on any atom is -0.396 e. The van der Waals surface area contributed by atoms with E-state index in [4.69, 9.17) is 9.47 Å². The lowest BCUT2D eigenvalue weighted by atomic mass is 10.1. The molecule has 1 saturated heterocycles. The molecule has 0 radical (unpaired) electrons. The molecular weight excluding hydrogens is 452 g/mol. The van der Waals surface area contributed by atoms with Gasteiger partial charge in [-0.2, -0.15) is 0 Å². The average Bonchev–Trinajstić information content (AvgIpc) is 3.62. The van der Waals surface area contributed by atoms with E-state index in [2.05, 4.69) is 20.8 Å². The van der Waals surface area contributed by atoms with Crippen LogP contribution in [0.15, 0.2) is 76.2 Å². The van der Waals surface area contributed by atoms with Gasteiger partial charge in [0.05, 0.1) is 30.8 Å². The first-order valence-corrected chi connectivity index (χ1v) is 15.9. The smallest absolute Gasteiger partial charge is 0.198 e. The number of hydrogen-bond acceptors (Lipinski definition) is 5. The second-order valence-electron chi connectivity index (χ2n) is 8.67. The zero-order valence-corrected chi connectivity index (χ0v) is 21.6. The normalized spacial score (nSPS) is 19.9. The first-order chi connectivity index (χ1) is 15.9. The van der Waals surface area contributed by atoms with Gasteiger partial charge >= 0.3 is 0 Å². The third kappa shape index (κ3) is 6.02. The predicted molar refractivity (Wildman–Crippen MR) is 134 cm³/mol. The number of ether oxygens (including phenoxy) is 2. The van der Waals surface area contributed by atoms with Crippen molar-refractivity contribution in [3.63, 3.8) is 0 Å². The standard InChI is InChI=1S/C26H36O5SSi/c1-4-33(5-2,6-3)25(32(28,29)23-15-11-8-12-16-23)17-22(18-27)26-24(31-26)20-30-19-21-13-9-7-10-14-21/h7-17,22,24,26-27H,4-6,18-20H2,1-3H3/b25-17+/t22-,24-,26-/m0/s1. The quantitative estimate of drug-likeness (QED) is 0.318. The molecule has 0 unspecified atom stereocenters. The van der Waals surface area contributed by atoms with Gasteiger partial charge in [-0.15, -0.1) is 0 Å². The highest BCUT2D eigenvalue weighted by Gasteiger charge is 2.46. The van der Waals surface area contributed by atoms with E-state index in [1.807, 2.05) is 42.5 Å². The molecule has 1 fully saturated rings. The van der Waals surface area contributed by atoms with Crippen LogP contribution in [0.25, 0.3) is 0 Å². The summed E-state index contributed by atoms with van der Waals surface area (Å²) in [4.78, 5) is 0.319. The van der Waals surface area contributed by atoms with Crippen molar-refractivity contribution in [3.8, 4) is 0 Å². The van der Waals surface area contributed by atoms with Crippen molar-refractivity contribution in [2.75, 3.05) is 13.2 Å². The largest absolute Gasteiger partial charge is 0.396 e. The number of aliphatic hydroxyl groups excluding tert-OH is 1. The number of hydrogen-bond donors (Lipinski definition) is 1. The first kappa shape index (κ1) is 25.8. The van der Waals surface area contributed by atoms with E-state index in [1.165, 1.54) is 0 Å². The van der Waals surface area contributed by atoms with Crippen molar-refractivity contribution in [2.45, 2.75) is 62.6 Å². The second-order valence-corrected chi connectivity index (χ2v) is 16.2. The summed E-state index contributed by atoms with van der Waals surface area (Å²) in [5.74, 6) is -0.375. The minimum atomic E-state index is -3.65. The van der Waals surface area contributed by atoms with Crippen LogP contribution in [0.4, 0.5) is 0 Å². The van der Waals surface area contributed by atoms with E-state index in [0.29, 0.717) is 22.6 Å². The van der Waals surface area contributed by atoms with Gasteiger partial charge in [-0.05, 0) is 17.7 Å². The monoisotopic (exact) mass is 488 g/mol. The molecular formula is C26H36O5SSi. The summed E-state index contributed by atoms with van der Waals surface area (Å²) in [6.07, 6.45) is 1.46. The van der Waals surface area contributed by atoms with Crippen LogP contribution in [0.1, 0.15) is 26.3 Å². The predicted octanol–water partition coefficient (Wildman–Crippen LogP) is 4.98. The number of aliphatic hydroxyl groups is 1. The van der Waals surface area contributed by atoms with Gasteiger partial charge in [0.25, 0.3) is 0 Å². The Morgan fingerprint density at radius 3 is 2.15 bits per heavy atom. The highest BCUT2D eigenvalue weighted by molar-refractivity contribution is 7.97. The summed E-state index contributed by atoms with van der Waals surface area (Å²) in [5, 5.41) is 10.2. The van der Waals surface area contributed by atoms with Crippen molar-refractivity contribution < 1.29 is 23.0 Å². The molecule has 1 N–H and O–H groups in total. The maximum Gasteiger partial charge on any atom is 0.198 e. The Labute approximate surface area is 199 Å². The van der Waals surface area contributed by atoms with Crippen molar-refractivity contribution in [3.05, 3.63) is 76.8 Å². The number of epoxide rings is 1. The van der Waals surface area contributed by atoms with Gasteiger partial charge in [-0.3, -0.25) is 0 Å². The van der Waals surface area contributed by atoms with Gasteiger partial charge in [-0.1, -0.05) is 93.5 Å². The van der Waals surface area contributed by atoms with Gasteiger partial charge in [-0.25, -0.2) is 8.42 Å².